The topological polar surface area (TPSA) is 108 Å². The molecule has 0 amide bonds. The van der Waals surface area contributed by atoms with Crippen molar-refractivity contribution in [1.29, 1.82) is 5.26 Å². The molecule has 0 fully saturated rings. The maximum absolute atomic E-state index is 11.4. The first-order valence-electron chi connectivity index (χ1n) is 5.49. The van der Waals surface area contributed by atoms with Crippen LogP contribution in [-0.4, -0.2) is 27.3 Å². The Labute approximate surface area is 107 Å². The second-order valence-corrected chi connectivity index (χ2v) is 5.59. The van der Waals surface area contributed by atoms with E-state index in [9.17, 15) is 8.42 Å². The van der Waals surface area contributed by atoms with Crippen LogP contribution >= 0.6 is 0 Å². The number of nitrogens with one attached hydrogen (secondary N) is 2. The molecule has 0 bridgehead atoms. The summed E-state index contributed by atoms with van der Waals surface area (Å²) < 4.78 is 25.2. The van der Waals surface area contributed by atoms with Crippen molar-refractivity contribution >= 4 is 21.4 Å². The lowest BCUT2D eigenvalue weighted by molar-refractivity contribution is 0.584. The van der Waals surface area contributed by atoms with Gasteiger partial charge in [0.05, 0.1) is 17.0 Å². The van der Waals surface area contributed by atoms with E-state index in [-0.39, 0.29) is 12.3 Å². The molecule has 98 valence electrons. The molecule has 0 unspecified atom stereocenters. The summed E-state index contributed by atoms with van der Waals surface area (Å²) in [5.41, 5.74) is 7.03. The van der Waals surface area contributed by atoms with Crippen LogP contribution in [0.3, 0.4) is 0 Å². The molecule has 0 radical (unpaired) electrons. The maximum atomic E-state index is 11.4. The standard InChI is InChI=1S/C11H16N4O2S/c1-2-15-18(16,17)6-5-14-11-4-3-10(13)7-9(11)8-12/h3-4,7,14-15H,2,5-6,13H2,1H3. The summed E-state index contributed by atoms with van der Waals surface area (Å²) in [7, 11) is -3.25. The lowest BCUT2D eigenvalue weighted by Crippen LogP contribution is -2.29. The quantitative estimate of drug-likeness (QED) is 0.651. The summed E-state index contributed by atoms with van der Waals surface area (Å²) in [6.07, 6.45) is 0. The minimum Gasteiger partial charge on any atom is -0.399 e. The molecule has 4 N–H and O–H groups in total. The van der Waals surface area contributed by atoms with Gasteiger partial charge in [-0.3, -0.25) is 0 Å². The number of sulfonamides is 1. The van der Waals surface area contributed by atoms with Crippen LogP contribution in [0.5, 0.6) is 0 Å². The molecule has 1 rings (SSSR count). The predicted octanol–water partition coefficient (Wildman–Crippen LogP) is 0.492. The number of rotatable bonds is 6. The maximum Gasteiger partial charge on any atom is 0.213 e. The molecular weight excluding hydrogens is 252 g/mol. The molecular formula is C11H16N4O2S. The van der Waals surface area contributed by atoms with Crippen LogP contribution in [-0.2, 0) is 10.0 Å². The van der Waals surface area contributed by atoms with Gasteiger partial charge < -0.3 is 11.1 Å². The van der Waals surface area contributed by atoms with Crippen LogP contribution in [0, 0.1) is 11.3 Å². The van der Waals surface area contributed by atoms with Crippen molar-refractivity contribution < 1.29 is 8.42 Å². The zero-order chi connectivity index (χ0) is 13.6. The minimum atomic E-state index is -3.25. The number of nitrogen functional groups attached to an aromatic ring is 1. The van der Waals surface area contributed by atoms with Gasteiger partial charge in [0.2, 0.25) is 10.0 Å². The number of nitriles is 1. The Morgan fingerprint density at radius 1 is 1.44 bits per heavy atom. The van der Waals surface area contributed by atoms with Crippen molar-refractivity contribution in [2.24, 2.45) is 0 Å². The number of hydrogen-bond acceptors (Lipinski definition) is 5. The van der Waals surface area contributed by atoms with Crippen LogP contribution in [0.4, 0.5) is 11.4 Å². The van der Waals surface area contributed by atoms with Crippen molar-refractivity contribution in [3.05, 3.63) is 23.8 Å². The van der Waals surface area contributed by atoms with E-state index in [0.29, 0.717) is 23.5 Å². The smallest absolute Gasteiger partial charge is 0.213 e. The van der Waals surface area contributed by atoms with Crippen molar-refractivity contribution in [2.75, 3.05) is 29.9 Å². The molecule has 0 atom stereocenters. The van der Waals surface area contributed by atoms with E-state index in [0.717, 1.165) is 0 Å². The molecule has 7 heteroatoms. The van der Waals surface area contributed by atoms with Gasteiger partial charge in [-0.15, -0.1) is 0 Å². The fraction of sp³-hybridized carbons (Fsp3) is 0.364. The molecule has 0 heterocycles. The first-order valence-corrected chi connectivity index (χ1v) is 7.14. The van der Waals surface area contributed by atoms with Gasteiger partial charge in [0.1, 0.15) is 6.07 Å². The Morgan fingerprint density at radius 3 is 2.78 bits per heavy atom. The van der Waals surface area contributed by atoms with Gasteiger partial charge in [-0.2, -0.15) is 5.26 Å². The van der Waals surface area contributed by atoms with Crippen LogP contribution in [0.1, 0.15) is 12.5 Å². The highest BCUT2D eigenvalue weighted by Gasteiger charge is 2.08. The Balaban J connectivity index is 2.63. The zero-order valence-electron chi connectivity index (χ0n) is 10.1. The highest BCUT2D eigenvalue weighted by atomic mass is 32.2. The van der Waals surface area contributed by atoms with E-state index in [1.807, 2.05) is 6.07 Å². The third-order valence-electron chi connectivity index (χ3n) is 2.21. The Bertz CT molecular complexity index is 549. The Hall–Kier alpha value is -1.78. The first-order chi connectivity index (χ1) is 8.48. The van der Waals surface area contributed by atoms with Gasteiger partial charge in [-0.05, 0) is 18.2 Å². The monoisotopic (exact) mass is 268 g/mol. The van der Waals surface area contributed by atoms with Crippen LogP contribution < -0.4 is 15.8 Å². The van der Waals surface area contributed by atoms with Crippen molar-refractivity contribution in [2.45, 2.75) is 6.92 Å². The lowest BCUT2D eigenvalue weighted by atomic mass is 10.2. The van der Waals surface area contributed by atoms with E-state index in [1.54, 1.807) is 25.1 Å². The summed E-state index contributed by atoms with van der Waals surface area (Å²) in [5, 5.41) is 11.8. The average molecular weight is 268 g/mol. The molecule has 0 aliphatic carbocycles. The molecule has 18 heavy (non-hydrogen) atoms. The summed E-state index contributed by atoms with van der Waals surface area (Å²) in [6, 6.07) is 6.86. The average Bonchev–Trinajstić information content (AvgIpc) is 2.30. The molecule has 1 aromatic carbocycles. The second kappa shape index (κ2) is 6.23. The second-order valence-electron chi connectivity index (χ2n) is 3.66. The van der Waals surface area contributed by atoms with E-state index in [4.69, 9.17) is 11.0 Å². The van der Waals surface area contributed by atoms with Gasteiger partial charge in [0.15, 0.2) is 0 Å². The number of benzene rings is 1. The largest absolute Gasteiger partial charge is 0.399 e. The number of hydrogen-bond donors (Lipinski definition) is 3. The van der Waals surface area contributed by atoms with Gasteiger partial charge in [-0.1, -0.05) is 6.92 Å². The molecule has 0 aliphatic rings. The normalized spacial score (nSPS) is 10.9. The van der Waals surface area contributed by atoms with E-state index < -0.39 is 10.0 Å². The van der Waals surface area contributed by atoms with Gasteiger partial charge in [0, 0.05) is 18.8 Å². The highest BCUT2D eigenvalue weighted by Crippen LogP contribution is 2.17. The summed E-state index contributed by atoms with van der Waals surface area (Å²) >= 11 is 0. The number of nitrogens with zero attached hydrogens (tertiary/aromatic N) is 1. The van der Waals surface area contributed by atoms with Crippen molar-refractivity contribution in [1.82, 2.24) is 4.72 Å². The van der Waals surface area contributed by atoms with Crippen molar-refractivity contribution in [3.8, 4) is 6.07 Å². The molecule has 0 spiro atoms. The van der Waals surface area contributed by atoms with Gasteiger partial charge in [-0.25, -0.2) is 13.1 Å². The van der Waals surface area contributed by atoms with Crippen molar-refractivity contribution in [3.63, 3.8) is 0 Å². The van der Waals surface area contributed by atoms with Gasteiger partial charge >= 0.3 is 0 Å². The van der Waals surface area contributed by atoms with Crippen LogP contribution in [0.15, 0.2) is 18.2 Å². The van der Waals surface area contributed by atoms with E-state index >= 15 is 0 Å². The third-order valence-corrected chi connectivity index (χ3v) is 3.68. The zero-order valence-corrected chi connectivity index (χ0v) is 10.9. The molecule has 0 aliphatic heterocycles. The third kappa shape index (κ3) is 4.24. The fourth-order valence-electron chi connectivity index (χ4n) is 1.42. The van der Waals surface area contributed by atoms with E-state index in [1.165, 1.54) is 0 Å². The fourth-order valence-corrected chi connectivity index (χ4v) is 2.38. The van der Waals surface area contributed by atoms with E-state index in [2.05, 4.69) is 10.0 Å². The molecule has 6 nitrogen and oxygen atoms in total. The molecule has 0 saturated heterocycles. The number of nitrogens with two attached hydrogens (primary N) is 1. The Morgan fingerprint density at radius 2 is 2.17 bits per heavy atom. The SMILES string of the molecule is CCNS(=O)(=O)CCNc1ccc(N)cc1C#N. The number of anilines is 2. The van der Waals surface area contributed by atoms with Crippen LogP contribution in [0.2, 0.25) is 0 Å². The molecule has 0 saturated carbocycles. The summed E-state index contributed by atoms with van der Waals surface area (Å²) in [6.45, 7) is 2.32. The summed E-state index contributed by atoms with van der Waals surface area (Å²) in [5.74, 6) is -0.0456. The van der Waals surface area contributed by atoms with Crippen LogP contribution in [0.25, 0.3) is 0 Å². The predicted molar refractivity (Wildman–Crippen MR) is 71.5 cm³/mol. The lowest BCUT2D eigenvalue weighted by Gasteiger charge is -2.09. The van der Waals surface area contributed by atoms with Gasteiger partial charge in [0.25, 0.3) is 0 Å². The highest BCUT2D eigenvalue weighted by molar-refractivity contribution is 7.89. The summed E-state index contributed by atoms with van der Waals surface area (Å²) in [4.78, 5) is 0. The molecule has 1 aromatic rings. The molecule has 0 aromatic heterocycles. The minimum absolute atomic E-state index is 0.0456. The first kappa shape index (κ1) is 14.3. The Kier molecular flexibility index (Phi) is 4.95.